The van der Waals surface area contributed by atoms with Gasteiger partial charge in [-0.15, -0.1) is 11.3 Å². The first-order chi connectivity index (χ1) is 11.6. The van der Waals surface area contributed by atoms with Crippen molar-refractivity contribution in [1.82, 2.24) is 15.8 Å². The highest BCUT2D eigenvalue weighted by molar-refractivity contribution is 7.09. The summed E-state index contributed by atoms with van der Waals surface area (Å²) in [5.74, 6) is -0.493. The Kier molecular flexibility index (Phi) is 5.10. The van der Waals surface area contributed by atoms with Gasteiger partial charge in [0.2, 0.25) is 5.91 Å². The van der Waals surface area contributed by atoms with Crippen LogP contribution >= 0.6 is 11.3 Å². The molecular formula is C17H20N4O2S. The van der Waals surface area contributed by atoms with E-state index >= 15 is 0 Å². The Labute approximate surface area is 144 Å². The van der Waals surface area contributed by atoms with Crippen molar-refractivity contribution < 1.29 is 9.59 Å². The minimum absolute atomic E-state index is 0.172. The molecule has 2 amide bonds. The molecular weight excluding hydrogens is 324 g/mol. The van der Waals surface area contributed by atoms with Gasteiger partial charge in [-0.05, 0) is 31.4 Å². The van der Waals surface area contributed by atoms with Crippen LogP contribution in [0.15, 0.2) is 29.6 Å². The van der Waals surface area contributed by atoms with Gasteiger partial charge in [0.1, 0.15) is 5.01 Å². The lowest BCUT2D eigenvalue weighted by Crippen LogP contribution is -2.47. The largest absolute Gasteiger partial charge is 0.362 e. The average molecular weight is 344 g/mol. The molecule has 0 saturated carbocycles. The fraction of sp³-hybridized carbons (Fsp3) is 0.353. The molecule has 0 fully saturated rings. The minimum Gasteiger partial charge on any atom is -0.362 e. The average Bonchev–Trinajstić information content (AvgIpc) is 2.98. The quantitative estimate of drug-likeness (QED) is 0.826. The molecule has 1 aliphatic heterocycles. The van der Waals surface area contributed by atoms with Crippen LogP contribution < -0.4 is 15.8 Å². The standard InChI is InChI=1S/C17H20N4O2S/c1-12-11-24-17(18-12)9-15(22)19-20-16(23)10-21-8-4-6-13-5-2-3-7-14(13)21/h2-3,5,7,11H,4,6,8-10H2,1H3,(H,19,22)(H,20,23). The lowest BCUT2D eigenvalue weighted by molar-refractivity contribution is -0.127. The van der Waals surface area contributed by atoms with Crippen molar-refractivity contribution in [2.75, 3.05) is 18.0 Å². The van der Waals surface area contributed by atoms with E-state index < -0.39 is 0 Å². The molecule has 0 aliphatic carbocycles. The molecule has 3 rings (SSSR count). The molecule has 0 spiro atoms. The molecule has 24 heavy (non-hydrogen) atoms. The molecule has 1 aromatic heterocycles. The molecule has 0 saturated heterocycles. The fourth-order valence-electron chi connectivity index (χ4n) is 2.79. The zero-order valence-electron chi connectivity index (χ0n) is 13.5. The predicted octanol–water partition coefficient (Wildman–Crippen LogP) is 1.59. The van der Waals surface area contributed by atoms with Gasteiger partial charge in [0.15, 0.2) is 0 Å². The fourth-order valence-corrected chi connectivity index (χ4v) is 3.56. The van der Waals surface area contributed by atoms with Gasteiger partial charge in [0.05, 0.1) is 13.0 Å². The maximum absolute atomic E-state index is 12.1. The molecule has 1 aromatic carbocycles. The summed E-state index contributed by atoms with van der Waals surface area (Å²) in [5.41, 5.74) is 8.20. The molecule has 6 nitrogen and oxygen atoms in total. The molecule has 0 unspecified atom stereocenters. The van der Waals surface area contributed by atoms with Crippen LogP contribution in [0.25, 0.3) is 0 Å². The number of thiazole rings is 1. The second kappa shape index (κ2) is 7.44. The van der Waals surface area contributed by atoms with E-state index in [4.69, 9.17) is 0 Å². The Hall–Kier alpha value is -2.41. The van der Waals surface area contributed by atoms with E-state index in [1.807, 2.05) is 35.4 Å². The first kappa shape index (κ1) is 16.4. The number of aromatic nitrogens is 1. The highest BCUT2D eigenvalue weighted by Crippen LogP contribution is 2.26. The van der Waals surface area contributed by atoms with E-state index in [1.54, 1.807) is 0 Å². The monoisotopic (exact) mass is 344 g/mol. The first-order valence-electron chi connectivity index (χ1n) is 7.93. The van der Waals surface area contributed by atoms with E-state index in [9.17, 15) is 9.59 Å². The van der Waals surface area contributed by atoms with Gasteiger partial charge in [0, 0.05) is 23.3 Å². The number of hydrazine groups is 1. The van der Waals surface area contributed by atoms with Crippen molar-refractivity contribution in [1.29, 1.82) is 0 Å². The molecule has 0 bridgehead atoms. The summed E-state index contributed by atoms with van der Waals surface area (Å²) in [4.78, 5) is 30.2. The van der Waals surface area contributed by atoms with Crippen LogP contribution in [0.4, 0.5) is 5.69 Å². The number of aryl methyl sites for hydroxylation is 2. The third-order valence-corrected chi connectivity index (χ3v) is 4.83. The summed E-state index contributed by atoms with van der Waals surface area (Å²) in [6, 6.07) is 8.12. The van der Waals surface area contributed by atoms with Crippen LogP contribution in [0.1, 0.15) is 22.7 Å². The highest BCUT2D eigenvalue weighted by Gasteiger charge is 2.18. The summed E-state index contributed by atoms with van der Waals surface area (Å²) in [6.07, 6.45) is 2.24. The number of carbonyl (C=O) groups is 2. The number of anilines is 1. The smallest absolute Gasteiger partial charge is 0.257 e. The van der Waals surface area contributed by atoms with Gasteiger partial charge in [-0.1, -0.05) is 18.2 Å². The van der Waals surface area contributed by atoms with Gasteiger partial charge < -0.3 is 4.90 Å². The van der Waals surface area contributed by atoms with Crippen molar-refractivity contribution in [3.63, 3.8) is 0 Å². The van der Waals surface area contributed by atoms with Crippen LogP contribution in [-0.2, 0) is 22.4 Å². The van der Waals surface area contributed by atoms with Gasteiger partial charge in [-0.3, -0.25) is 20.4 Å². The minimum atomic E-state index is -0.267. The number of amides is 2. The second-order valence-electron chi connectivity index (χ2n) is 5.81. The third kappa shape index (κ3) is 4.11. The van der Waals surface area contributed by atoms with Crippen molar-refractivity contribution in [3.8, 4) is 0 Å². The highest BCUT2D eigenvalue weighted by atomic mass is 32.1. The van der Waals surface area contributed by atoms with E-state index in [0.717, 1.165) is 35.8 Å². The van der Waals surface area contributed by atoms with E-state index in [1.165, 1.54) is 16.9 Å². The predicted molar refractivity (Wildman–Crippen MR) is 93.8 cm³/mol. The molecule has 1 aliphatic rings. The SMILES string of the molecule is Cc1csc(CC(=O)NNC(=O)CN2CCCc3ccccc32)n1. The number of hydrogen-bond acceptors (Lipinski definition) is 5. The summed E-state index contributed by atoms with van der Waals surface area (Å²) < 4.78 is 0. The summed E-state index contributed by atoms with van der Waals surface area (Å²) in [5, 5.41) is 2.64. The van der Waals surface area contributed by atoms with Crippen LogP contribution in [0.5, 0.6) is 0 Å². The molecule has 2 heterocycles. The molecule has 0 radical (unpaired) electrons. The van der Waals surface area contributed by atoms with Gasteiger partial charge >= 0.3 is 0 Å². The van der Waals surface area contributed by atoms with Crippen LogP contribution in [-0.4, -0.2) is 29.9 Å². The zero-order valence-corrected chi connectivity index (χ0v) is 14.4. The van der Waals surface area contributed by atoms with E-state index in [-0.39, 0.29) is 24.8 Å². The lowest BCUT2D eigenvalue weighted by atomic mass is 10.0. The molecule has 7 heteroatoms. The molecule has 0 atom stereocenters. The second-order valence-corrected chi connectivity index (χ2v) is 6.75. The van der Waals surface area contributed by atoms with E-state index in [2.05, 4.69) is 21.9 Å². The number of para-hydroxylation sites is 1. The number of rotatable bonds is 4. The Morgan fingerprint density at radius 3 is 2.83 bits per heavy atom. The van der Waals surface area contributed by atoms with Gasteiger partial charge in [0.25, 0.3) is 5.91 Å². The molecule has 2 N–H and O–H groups in total. The number of fused-ring (bicyclic) bond motifs is 1. The summed E-state index contributed by atoms with van der Waals surface area (Å²) in [7, 11) is 0. The van der Waals surface area contributed by atoms with Crippen LogP contribution in [0.3, 0.4) is 0 Å². The normalized spacial score (nSPS) is 13.3. The maximum Gasteiger partial charge on any atom is 0.257 e. The Morgan fingerprint density at radius 2 is 2.04 bits per heavy atom. The number of hydrogen-bond donors (Lipinski definition) is 2. The van der Waals surface area contributed by atoms with Crippen LogP contribution in [0.2, 0.25) is 0 Å². The van der Waals surface area contributed by atoms with E-state index in [0.29, 0.717) is 0 Å². The Balaban J connectivity index is 1.49. The van der Waals surface area contributed by atoms with Gasteiger partial charge in [-0.25, -0.2) is 4.98 Å². The maximum atomic E-state index is 12.1. The van der Waals surface area contributed by atoms with Gasteiger partial charge in [-0.2, -0.15) is 0 Å². The van der Waals surface area contributed by atoms with Crippen molar-refractivity contribution >= 4 is 28.8 Å². The number of carbonyl (C=O) groups excluding carboxylic acids is 2. The lowest BCUT2D eigenvalue weighted by Gasteiger charge is -2.30. The number of nitrogens with zero attached hydrogens (tertiary/aromatic N) is 2. The molecule has 126 valence electrons. The molecule has 2 aromatic rings. The van der Waals surface area contributed by atoms with Crippen LogP contribution in [0, 0.1) is 6.92 Å². The van der Waals surface area contributed by atoms with Crippen molar-refractivity contribution in [2.24, 2.45) is 0 Å². The van der Waals surface area contributed by atoms with Crippen molar-refractivity contribution in [3.05, 3.63) is 45.9 Å². The number of benzene rings is 1. The first-order valence-corrected chi connectivity index (χ1v) is 8.81. The topological polar surface area (TPSA) is 74.3 Å². The summed E-state index contributed by atoms with van der Waals surface area (Å²) in [6.45, 7) is 2.96. The zero-order chi connectivity index (χ0) is 16.9. The third-order valence-electron chi connectivity index (χ3n) is 3.86. The summed E-state index contributed by atoms with van der Waals surface area (Å²) >= 11 is 1.44. The number of nitrogens with one attached hydrogen (secondary N) is 2. The Bertz CT molecular complexity index is 744. The Morgan fingerprint density at radius 1 is 1.25 bits per heavy atom. The van der Waals surface area contributed by atoms with Crippen molar-refractivity contribution in [2.45, 2.75) is 26.2 Å².